The minimum absolute atomic E-state index is 0.314. The van der Waals surface area contributed by atoms with Crippen LogP contribution >= 0.6 is 22.7 Å². The quantitative estimate of drug-likeness (QED) is 0.0819. The first-order valence-electron chi connectivity index (χ1n) is 25.1. The minimum Gasteiger partial charge on any atom is -0.477 e. The van der Waals surface area contributed by atoms with E-state index in [0.717, 1.165) is 64.0 Å². The number of hydrogen-bond acceptors (Lipinski definition) is 13. The highest BCUT2D eigenvalue weighted by molar-refractivity contribution is 7.23. The van der Waals surface area contributed by atoms with Crippen molar-refractivity contribution in [1.82, 2.24) is 39.9 Å². The summed E-state index contributed by atoms with van der Waals surface area (Å²) in [4.78, 5) is 53.8. The summed E-state index contributed by atoms with van der Waals surface area (Å²) in [5, 5.41) is 21.7. The molecule has 3 N–H and O–H groups in total. The number of carbonyl (C=O) groups is 1. The number of thiophene rings is 2. The Labute approximate surface area is 462 Å². The largest absolute Gasteiger partial charge is 0.477 e. The number of H-pyrrole nitrogens is 2. The zero-order valence-corrected chi connectivity index (χ0v) is 43.3. The Morgan fingerprint density at radius 2 is 0.875 bits per heavy atom. The van der Waals surface area contributed by atoms with Crippen LogP contribution in [-0.2, 0) is 4.79 Å². The Bertz CT molecular complexity index is 4710. The number of nitrogens with one attached hydrogen (secondary N) is 2. The van der Waals surface area contributed by atoms with Crippen LogP contribution in [-0.4, -0.2) is 50.9 Å². The average Bonchev–Trinajstić information content (AvgIpc) is 4.39. The number of hydrogen-bond donors (Lipinski definition) is 3. The van der Waals surface area contributed by atoms with E-state index in [-0.39, 0.29) is 5.57 Å². The topological polar surface area (TPSA) is 198 Å². The molecule has 0 radical (unpaired) electrons. The number of carboxylic acid groups (broad SMARTS) is 1. The van der Waals surface area contributed by atoms with Crippen LogP contribution in [0.3, 0.4) is 0 Å². The lowest BCUT2D eigenvalue weighted by atomic mass is 10.1. The van der Waals surface area contributed by atoms with E-state index in [1.807, 2.05) is 188 Å². The minimum atomic E-state index is -1.26. The Morgan fingerprint density at radius 3 is 1.39 bits per heavy atom. The zero-order chi connectivity index (χ0) is 53.7. The van der Waals surface area contributed by atoms with Gasteiger partial charge >= 0.3 is 5.97 Å². The van der Waals surface area contributed by atoms with Gasteiger partial charge in [-0.1, -0.05) is 66.7 Å². The van der Waals surface area contributed by atoms with Crippen LogP contribution in [0.15, 0.2) is 194 Å². The summed E-state index contributed by atoms with van der Waals surface area (Å²) in [6, 6.07) is 62.0. The number of carboxylic acids is 1. The number of rotatable bonds is 11. The maximum atomic E-state index is 11.5. The number of benzene rings is 7. The third kappa shape index (κ3) is 9.26. The van der Waals surface area contributed by atoms with Crippen LogP contribution in [0.4, 0.5) is 0 Å². The molecular weight excluding hydrogens is 1040 g/mol. The molecule has 2 aliphatic rings. The van der Waals surface area contributed by atoms with Crippen LogP contribution in [0.1, 0.15) is 15.3 Å². The summed E-state index contributed by atoms with van der Waals surface area (Å²) in [6.07, 6.45) is 5.50. The first-order valence-corrected chi connectivity index (χ1v) is 26.8. The molecule has 0 fully saturated rings. The molecule has 380 valence electrons. The number of aliphatic carboxylic acids is 1. The van der Waals surface area contributed by atoms with Gasteiger partial charge in [0.1, 0.15) is 68.7 Å². The summed E-state index contributed by atoms with van der Waals surface area (Å²) >= 11 is 3.03. The van der Waals surface area contributed by atoms with E-state index in [0.29, 0.717) is 85.3 Å². The summed E-state index contributed by atoms with van der Waals surface area (Å²) in [6.45, 7) is 0. The Balaban J connectivity index is 0.956. The number of para-hydroxylation sites is 3. The standard InChI is InChI=1S/C64H37N9O5S2/c65-35-37(64(74)75)31-45-23-29-55(80-45)54-28-22-44(79-54)21-16-36-17-24-46-50(30-36)60-66-56(46)68-61-52-33-42(77-39-12-6-2-7-13-39)19-26-48(52)58(70-61)72-63-53-34-43(78-40-14-8-3-9-15-40)20-27-49(53)59(73-63)71-62-51-32-41(76-38-10-4-1-5-11-38)18-25-47(51)57(67-60)69-62/h1-34H,(H,74,75)(H2,66,67,68,69,70,71,72,73)/b21-16+,37-31+. The van der Waals surface area contributed by atoms with E-state index in [1.54, 1.807) is 17.4 Å². The second kappa shape index (κ2) is 19.9. The van der Waals surface area contributed by atoms with Gasteiger partial charge in [-0.15, -0.1) is 22.7 Å². The van der Waals surface area contributed by atoms with Crippen molar-refractivity contribution in [3.05, 3.63) is 209 Å². The van der Waals surface area contributed by atoms with E-state index in [9.17, 15) is 15.2 Å². The van der Waals surface area contributed by atoms with Crippen LogP contribution in [0, 0.1) is 11.3 Å². The molecule has 16 heteroatoms. The van der Waals surface area contributed by atoms with Crippen LogP contribution in [0.5, 0.6) is 34.5 Å². The molecule has 0 amide bonds. The molecule has 80 heavy (non-hydrogen) atoms. The first kappa shape index (κ1) is 47.6. The molecule has 0 spiro atoms. The fraction of sp³-hybridized carbons (Fsp3) is 0. The first-order chi connectivity index (χ1) is 39.3. The van der Waals surface area contributed by atoms with Crippen LogP contribution in [0.25, 0.3) is 118 Å². The van der Waals surface area contributed by atoms with Gasteiger partial charge in [-0.2, -0.15) is 5.26 Å². The van der Waals surface area contributed by atoms with Crippen LogP contribution < -0.4 is 14.2 Å². The number of aromatic nitrogens is 8. The van der Waals surface area contributed by atoms with Gasteiger partial charge < -0.3 is 29.3 Å². The van der Waals surface area contributed by atoms with Gasteiger partial charge in [0.15, 0.2) is 23.3 Å². The zero-order valence-electron chi connectivity index (χ0n) is 41.7. The fourth-order valence-electron chi connectivity index (χ4n) is 9.52. The molecule has 0 aliphatic carbocycles. The lowest BCUT2D eigenvalue weighted by molar-refractivity contribution is -0.132. The number of ether oxygens (including phenoxy) is 3. The SMILES string of the molecule is N#C/C(=C\c1ccc(-c2ccc(/C=C/c3ccc4c5nc6nc(nc7[nH]c(nc8nc(nc([nH]5)c4c3)-c3ccc(Oc4ccccc4)cc3-8)c3ccc(Oc4ccccc4)cc73)-c3ccc(Oc4ccccc4)cc3-6)s2)s1)C(=O)O. The predicted molar refractivity (Wildman–Crippen MR) is 313 cm³/mol. The van der Waals surface area contributed by atoms with Crippen LogP contribution in [0.2, 0.25) is 0 Å². The number of aromatic amines is 2. The number of nitrogens with zero attached hydrogens (tertiary/aromatic N) is 7. The summed E-state index contributed by atoms with van der Waals surface area (Å²) in [7, 11) is 0. The van der Waals surface area contributed by atoms with Crippen molar-refractivity contribution in [2.24, 2.45) is 0 Å². The third-order valence-electron chi connectivity index (χ3n) is 13.3. The smallest absolute Gasteiger partial charge is 0.346 e. The van der Waals surface area contributed by atoms with E-state index >= 15 is 0 Å². The van der Waals surface area contributed by atoms with Gasteiger partial charge in [-0.05, 0) is 145 Å². The second-order valence-electron chi connectivity index (χ2n) is 18.5. The van der Waals surface area contributed by atoms with E-state index in [4.69, 9.17) is 44.1 Å². The molecule has 5 aromatic heterocycles. The maximum Gasteiger partial charge on any atom is 0.346 e. The lowest BCUT2D eigenvalue weighted by Crippen LogP contribution is -1.96. The van der Waals surface area contributed by atoms with Crippen molar-refractivity contribution in [3.8, 4) is 95.9 Å². The summed E-state index contributed by atoms with van der Waals surface area (Å²) in [5.41, 5.74) is 5.59. The average molecular weight is 1080 g/mol. The van der Waals surface area contributed by atoms with Gasteiger partial charge in [-0.25, -0.2) is 34.7 Å². The van der Waals surface area contributed by atoms with Gasteiger partial charge in [0, 0.05) is 63.3 Å². The highest BCUT2D eigenvalue weighted by Crippen LogP contribution is 2.42. The molecule has 0 unspecified atom stereocenters. The normalized spacial score (nSPS) is 11.9. The molecule has 0 saturated carbocycles. The molecule has 14 nitrogen and oxygen atoms in total. The number of nitriles is 1. The molecule has 7 aromatic carbocycles. The summed E-state index contributed by atoms with van der Waals surface area (Å²) in [5.74, 6) is 4.30. The van der Waals surface area contributed by atoms with E-state index < -0.39 is 5.97 Å². The van der Waals surface area contributed by atoms with Crippen molar-refractivity contribution in [3.63, 3.8) is 0 Å². The van der Waals surface area contributed by atoms with E-state index in [1.165, 1.54) is 17.4 Å². The Hall–Kier alpha value is -10.9. The maximum absolute atomic E-state index is 11.5. The van der Waals surface area contributed by atoms with Crippen molar-refractivity contribution < 1.29 is 24.1 Å². The van der Waals surface area contributed by atoms with Gasteiger partial charge in [0.05, 0.1) is 0 Å². The van der Waals surface area contributed by atoms with Gasteiger partial charge in [0.25, 0.3) is 0 Å². The third-order valence-corrected chi connectivity index (χ3v) is 15.6. The Kier molecular flexibility index (Phi) is 11.9. The molecule has 0 atom stereocenters. The summed E-state index contributed by atoms with van der Waals surface area (Å²) < 4.78 is 19.1. The number of fused-ring (bicyclic) bond motifs is 20. The molecule has 12 aromatic rings. The van der Waals surface area contributed by atoms with Crippen molar-refractivity contribution in [1.29, 1.82) is 5.26 Å². The molecular formula is C64H37N9O5S2. The molecule has 0 saturated heterocycles. The molecule has 14 rings (SSSR count). The van der Waals surface area contributed by atoms with E-state index in [2.05, 4.69) is 22.1 Å². The monoisotopic (exact) mass is 1080 g/mol. The fourth-order valence-corrected chi connectivity index (χ4v) is 11.5. The Morgan fingerprint density at radius 1 is 0.438 bits per heavy atom. The lowest BCUT2D eigenvalue weighted by Gasteiger charge is -2.07. The molecule has 2 aliphatic heterocycles. The van der Waals surface area contributed by atoms with Crippen molar-refractivity contribution in [2.75, 3.05) is 0 Å². The van der Waals surface area contributed by atoms with Crippen molar-refractivity contribution in [2.45, 2.75) is 0 Å². The van der Waals surface area contributed by atoms with Gasteiger partial charge in [0.2, 0.25) is 0 Å². The molecule has 7 heterocycles. The molecule has 8 bridgehead atoms. The van der Waals surface area contributed by atoms with Gasteiger partial charge in [-0.3, -0.25) is 0 Å². The second-order valence-corrected chi connectivity index (χ2v) is 20.7. The highest BCUT2D eigenvalue weighted by Gasteiger charge is 2.24. The van der Waals surface area contributed by atoms with Crippen molar-refractivity contribution >= 4 is 91.0 Å². The highest BCUT2D eigenvalue weighted by atomic mass is 32.1. The predicted octanol–water partition coefficient (Wildman–Crippen LogP) is 16.2.